The van der Waals surface area contributed by atoms with E-state index in [0.29, 0.717) is 0 Å². The summed E-state index contributed by atoms with van der Waals surface area (Å²) in [6, 6.07) is 32.2. The molecule has 1 amide bonds. The van der Waals surface area contributed by atoms with Crippen LogP contribution in [-0.2, 0) is 31.0 Å². The Bertz CT molecular complexity index is 1860. The molecule has 1 aliphatic heterocycles. The maximum Gasteiger partial charge on any atom is 0.306 e. The van der Waals surface area contributed by atoms with Gasteiger partial charge in [0.05, 0.1) is 12.8 Å². The summed E-state index contributed by atoms with van der Waals surface area (Å²) >= 11 is 0. The summed E-state index contributed by atoms with van der Waals surface area (Å²) in [6.45, 7) is 6.48. The van der Waals surface area contributed by atoms with Gasteiger partial charge in [0, 0.05) is 35.1 Å². The molecular weight excluding hydrogens is 687 g/mol. The van der Waals surface area contributed by atoms with Crippen LogP contribution in [0.15, 0.2) is 97.1 Å². The van der Waals surface area contributed by atoms with Gasteiger partial charge in [-0.15, -0.1) is 0 Å². The molecule has 7 heteroatoms. The van der Waals surface area contributed by atoms with Crippen LogP contribution < -0.4 is 10.1 Å². The van der Waals surface area contributed by atoms with Crippen molar-refractivity contribution in [3.63, 3.8) is 0 Å². The van der Waals surface area contributed by atoms with E-state index in [1.807, 2.05) is 78.9 Å². The van der Waals surface area contributed by atoms with E-state index < -0.39 is 18.0 Å². The summed E-state index contributed by atoms with van der Waals surface area (Å²) in [5.74, 6) is 0.666. The average molecular weight is 744 g/mol. The summed E-state index contributed by atoms with van der Waals surface area (Å²) in [6.07, 6.45) is 10.5. The number of rotatable bonds is 16. The standard InChI is InChI=1S/C48H57NO6/c1-48(2,3)40-28-26-34(31-41(40)49-44(50)32-39-37-21-10-12-23-42(37)54-43-24-13-11-22-38(39)43)25-27-36(20-14-17-33-15-6-4-7-16-33)47(35-18-8-5-9-19-35)55-46(53)30-29-45(51)52/h5,8-13,18-19,21-24,26,28,31,33,36,39,47H,4,6-7,14-17,20,25,27,29-30,32H2,1-3H3,(H,49,50)(H,51,52)/t36?,47-/m0/s1. The predicted octanol–water partition coefficient (Wildman–Crippen LogP) is 11.7. The SMILES string of the molecule is CC(C)(C)c1ccc(CCC(CCCC2CCCCC2)[C@@H](OC(=O)CCC(=O)O)c2ccccc2)cc1NC(=O)CC1c2ccccc2Oc2ccccc21. The first-order valence-corrected chi connectivity index (χ1v) is 20.3. The zero-order valence-electron chi connectivity index (χ0n) is 32.7. The summed E-state index contributed by atoms with van der Waals surface area (Å²) in [4.78, 5) is 38.4. The van der Waals surface area contributed by atoms with Crippen LogP contribution >= 0.6 is 0 Å². The highest BCUT2D eigenvalue weighted by atomic mass is 16.5. The van der Waals surface area contributed by atoms with Gasteiger partial charge >= 0.3 is 11.9 Å². The summed E-state index contributed by atoms with van der Waals surface area (Å²) in [7, 11) is 0. The maximum absolute atomic E-state index is 14.0. The Morgan fingerprint density at radius 3 is 2.13 bits per heavy atom. The van der Waals surface area contributed by atoms with Crippen molar-refractivity contribution in [2.45, 2.75) is 122 Å². The number of carbonyl (C=O) groups excluding carboxylic acids is 2. The second-order valence-corrected chi connectivity index (χ2v) is 16.6. The van der Waals surface area contributed by atoms with E-state index in [2.05, 4.69) is 44.3 Å². The van der Waals surface area contributed by atoms with Gasteiger partial charge in [-0.2, -0.15) is 0 Å². The number of carbonyl (C=O) groups is 3. The molecule has 2 aliphatic rings. The molecule has 6 rings (SSSR count). The fourth-order valence-electron chi connectivity index (χ4n) is 8.55. The van der Waals surface area contributed by atoms with Gasteiger partial charge in [-0.05, 0) is 65.5 Å². The number of anilines is 1. The van der Waals surface area contributed by atoms with Crippen molar-refractivity contribution in [1.82, 2.24) is 0 Å². The van der Waals surface area contributed by atoms with Crippen LogP contribution in [0.25, 0.3) is 0 Å². The second kappa shape index (κ2) is 18.6. The van der Waals surface area contributed by atoms with Gasteiger partial charge in [-0.1, -0.05) is 145 Å². The minimum atomic E-state index is -1.01. The number of carboxylic acids is 1. The van der Waals surface area contributed by atoms with Crippen molar-refractivity contribution in [2.24, 2.45) is 11.8 Å². The van der Waals surface area contributed by atoms with Gasteiger partial charge < -0.3 is 19.9 Å². The molecule has 1 unspecified atom stereocenters. The van der Waals surface area contributed by atoms with Crippen LogP contribution in [0.3, 0.4) is 0 Å². The molecule has 0 spiro atoms. The predicted molar refractivity (Wildman–Crippen MR) is 218 cm³/mol. The minimum Gasteiger partial charge on any atom is -0.481 e. The van der Waals surface area contributed by atoms with E-state index in [0.717, 1.165) is 76.6 Å². The number of benzene rings is 4. The van der Waals surface area contributed by atoms with Gasteiger partial charge in [-0.3, -0.25) is 14.4 Å². The lowest BCUT2D eigenvalue weighted by molar-refractivity contribution is -0.155. The number of esters is 1. The van der Waals surface area contributed by atoms with Crippen LogP contribution in [0.4, 0.5) is 5.69 Å². The monoisotopic (exact) mass is 743 g/mol. The maximum atomic E-state index is 14.0. The average Bonchev–Trinajstić information content (AvgIpc) is 3.18. The Hall–Kier alpha value is -4.91. The van der Waals surface area contributed by atoms with Crippen molar-refractivity contribution in [3.8, 4) is 11.5 Å². The molecule has 2 N–H and O–H groups in total. The number of carboxylic acid groups (broad SMARTS) is 1. The molecular formula is C48H57NO6. The quantitative estimate of drug-likeness (QED) is 0.111. The smallest absolute Gasteiger partial charge is 0.306 e. The van der Waals surface area contributed by atoms with E-state index in [1.165, 1.54) is 38.5 Å². The van der Waals surface area contributed by atoms with Crippen molar-refractivity contribution in [2.75, 3.05) is 5.32 Å². The summed E-state index contributed by atoms with van der Waals surface area (Å²) < 4.78 is 12.4. The Morgan fingerprint density at radius 1 is 0.818 bits per heavy atom. The zero-order chi connectivity index (χ0) is 38.8. The third-order valence-electron chi connectivity index (χ3n) is 11.4. The van der Waals surface area contributed by atoms with Crippen LogP contribution in [0.2, 0.25) is 0 Å². The van der Waals surface area contributed by atoms with Gasteiger partial charge in [0.15, 0.2) is 0 Å². The van der Waals surface area contributed by atoms with Gasteiger partial charge in [0.2, 0.25) is 5.91 Å². The highest BCUT2D eigenvalue weighted by Crippen LogP contribution is 2.46. The summed E-state index contributed by atoms with van der Waals surface area (Å²) in [5, 5.41) is 12.6. The number of hydrogen-bond acceptors (Lipinski definition) is 5. The highest BCUT2D eigenvalue weighted by Gasteiger charge is 2.31. The number of aryl methyl sites for hydroxylation is 1. The number of nitrogens with one attached hydrogen (secondary N) is 1. The first-order valence-electron chi connectivity index (χ1n) is 20.3. The fourth-order valence-corrected chi connectivity index (χ4v) is 8.55. The first-order chi connectivity index (χ1) is 26.5. The lowest BCUT2D eigenvalue weighted by Crippen LogP contribution is -2.22. The Balaban J connectivity index is 1.22. The molecule has 7 nitrogen and oxygen atoms in total. The molecule has 0 saturated heterocycles. The molecule has 4 aromatic carbocycles. The van der Waals surface area contributed by atoms with Crippen molar-refractivity contribution in [1.29, 1.82) is 0 Å². The molecule has 0 radical (unpaired) electrons. The van der Waals surface area contributed by atoms with Crippen molar-refractivity contribution >= 4 is 23.5 Å². The number of fused-ring (bicyclic) bond motifs is 2. The largest absolute Gasteiger partial charge is 0.481 e. The zero-order valence-corrected chi connectivity index (χ0v) is 32.7. The molecule has 0 bridgehead atoms. The molecule has 0 aromatic heterocycles. The molecule has 1 aliphatic carbocycles. The van der Waals surface area contributed by atoms with Crippen LogP contribution in [0, 0.1) is 11.8 Å². The topological polar surface area (TPSA) is 102 Å². The lowest BCUT2D eigenvalue weighted by atomic mass is 9.81. The van der Waals surface area contributed by atoms with Gasteiger partial charge in [0.1, 0.15) is 17.6 Å². The molecule has 4 aromatic rings. The number of hydrogen-bond donors (Lipinski definition) is 2. The van der Waals surface area contributed by atoms with Crippen LogP contribution in [-0.4, -0.2) is 23.0 Å². The summed E-state index contributed by atoms with van der Waals surface area (Å²) in [5.41, 5.74) is 5.73. The fraction of sp³-hybridized carbons (Fsp3) is 0.438. The van der Waals surface area contributed by atoms with E-state index in [9.17, 15) is 19.5 Å². The number of amides is 1. The third kappa shape index (κ3) is 10.9. The second-order valence-electron chi connectivity index (χ2n) is 16.6. The Labute approximate surface area is 326 Å². The van der Waals surface area contributed by atoms with E-state index >= 15 is 0 Å². The molecule has 55 heavy (non-hydrogen) atoms. The van der Waals surface area contributed by atoms with E-state index in [1.54, 1.807) is 0 Å². The van der Waals surface area contributed by atoms with Crippen LogP contribution in [0.1, 0.15) is 138 Å². The molecule has 290 valence electrons. The number of para-hydroxylation sites is 2. The lowest BCUT2D eigenvalue weighted by Gasteiger charge is -2.29. The third-order valence-corrected chi connectivity index (χ3v) is 11.4. The first kappa shape index (κ1) is 39.8. The van der Waals surface area contributed by atoms with E-state index in [4.69, 9.17) is 9.47 Å². The molecule has 1 heterocycles. The van der Waals surface area contributed by atoms with Crippen molar-refractivity contribution in [3.05, 3.63) is 125 Å². The Morgan fingerprint density at radius 2 is 1.47 bits per heavy atom. The van der Waals surface area contributed by atoms with E-state index in [-0.39, 0.29) is 42.4 Å². The Kier molecular flexibility index (Phi) is 13.5. The highest BCUT2D eigenvalue weighted by molar-refractivity contribution is 5.93. The van der Waals surface area contributed by atoms with Gasteiger partial charge in [-0.25, -0.2) is 0 Å². The molecule has 1 saturated carbocycles. The molecule has 1 fully saturated rings. The van der Waals surface area contributed by atoms with Crippen molar-refractivity contribution < 1.29 is 29.0 Å². The van der Waals surface area contributed by atoms with Gasteiger partial charge in [0.25, 0.3) is 0 Å². The normalized spacial score (nSPS) is 15.5. The molecule has 2 atom stereocenters. The number of ether oxygens (including phenoxy) is 2. The van der Waals surface area contributed by atoms with Crippen LogP contribution in [0.5, 0.6) is 11.5 Å². The number of aliphatic carboxylic acids is 1. The minimum absolute atomic E-state index is 0.0359.